The standard InChI is InChI=1S/C30H29N3O2/c1-21-27(14-13-26-17-23(19-31-29(21)26)20-33-15-5-6-16-33)32-30(35)25-11-9-22(10-12-25)18-28(34)24-7-3-2-4-8-24/h2-4,7-14,17,19H,5-6,15-16,18,20H2,1H3,(H,32,35). The fourth-order valence-electron chi connectivity index (χ4n) is 4.69. The molecule has 4 aromatic rings. The van der Waals surface area contributed by atoms with E-state index in [0.717, 1.165) is 47.4 Å². The van der Waals surface area contributed by atoms with Crippen LogP contribution in [0.25, 0.3) is 10.9 Å². The van der Waals surface area contributed by atoms with Crippen molar-refractivity contribution in [3.05, 3.63) is 107 Å². The van der Waals surface area contributed by atoms with E-state index in [1.54, 1.807) is 12.1 Å². The quantitative estimate of drug-likeness (QED) is 0.351. The number of aromatic nitrogens is 1. The number of pyridine rings is 1. The average Bonchev–Trinajstić information content (AvgIpc) is 3.40. The second-order valence-corrected chi connectivity index (χ2v) is 9.25. The van der Waals surface area contributed by atoms with Gasteiger partial charge in [0.2, 0.25) is 0 Å². The Kier molecular flexibility index (Phi) is 6.68. The number of carbonyl (C=O) groups is 2. The predicted octanol–water partition coefficient (Wildman–Crippen LogP) is 5.82. The smallest absolute Gasteiger partial charge is 0.255 e. The fourth-order valence-corrected chi connectivity index (χ4v) is 4.69. The van der Waals surface area contributed by atoms with E-state index >= 15 is 0 Å². The number of Topliss-reactive ketones (excluding diaryl/α,β-unsaturated/α-hetero) is 1. The van der Waals surface area contributed by atoms with Crippen molar-refractivity contribution in [2.45, 2.75) is 32.7 Å². The summed E-state index contributed by atoms with van der Waals surface area (Å²) in [6.45, 7) is 5.25. The molecule has 0 saturated carbocycles. The van der Waals surface area contributed by atoms with Gasteiger partial charge in [-0.25, -0.2) is 0 Å². The molecule has 0 spiro atoms. The van der Waals surface area contributed by atoms with Crippen molar-refractivity contribution in [3.63, 3.8) is 0 Å². The number of carbonyl (C=O) groups excluding carboxylic acids is 2. The molecule has 5 nitrogen and oxygen atoms in total. The van der Waals surface area contributed by atoms with E-state index < -0.39 is 0 Å². The number of amides is 1. The first-order valence-electron chi connectivity index (χ1n) is 12.2. The van der Waals surface area contributed by atoms with Gasteiger partial charge in [-0.2, -0.15) is 0 Å². The van der Waals surface area contributed by atoms with Crippen LogP contribution in [-0.2, 0) is 13.0 Å². The summed E-state index contributed by atoms with van der Waals surface area (Å²) in [5, 5.41) is 4.11. The third-order valence-corrected chi connectivity index (χ3v) is 6.69. The van der Waals surface area contributed by atoms with Crippen molar-refractivity contribution in [1.82, 2.24) is 9.88 Å². The minimum atomic E-state index is -0.181. The molecule has 5 rings (SSSR count). The highest BCUT2D eigenvalue weighted by atomic mass is 16.1. The van der Waals surface area contributed by atoms with Gasteiger partial charge in [-0.1, -0.05) is 48.5 Å². The van der Waals surface area contributed by atoms with Gasteiger partial charge >= 0.3 is 0 Å². The number of benzene rings is 3. The number of nitrogens with one attached hydrogen (secondary N) is 1. The van der Waals surface area contributed by atoms with Crippen LogP contribution in [0.4, 0.5) is 5.69 Å². The van der Waals surface area contributed by atoms with Crippen LogP contribution in [0.2, 0.25) is 0 Å². The molecular weight excluding hydrogens is 434 g/mol. The van der Waals surface area contributed by atoms with Crippen molar-refractivity contribution >= 4 is 28.3 Å². The number of anilines is 1. The minimum Gasteiger partial charge on any atom is -0.322 e. The van der Waals surface area contributed by atoms with Crippen molar-refractivity contribution in [2.24, 2.45) is 0 Å². The first-order valence-corrected chi connectivity index (χ1v) is 12.2. The van der Waals surface area contributed by atoms with Crippen LogP contribution in [0, 0.1) is 6.92 Å². The molecule has 0 aliphatic carbocycles. The molecular formula is C30H29N3O2. The summed E-state index contributed by atoms with van der Waals surface area (Å²) in [4.78, 5) is 32.5. The lowest BCUT2D eigenvalue weighted by Crippen LogP contribution is -2.18. The molecule has 0 radical (unpaired) electrons. The second kappa shape index (κ2) is 10.2. The molecule has 1 aromatic heterocycles. The molecule has 0 bridgehead atoms. The van der Waals surface area contributed by atoms with Crippen LogP contribution in [0.15, 0.2) is 79.0 Å². The maximum atomic E-state index is 12.9. The van der Waals surface area contributed by atoms with Crippen LogP contribution in [-0.4, -0.2) is 34.7 Å². The van der Waals surface area contributed by atoms with Crippen molar-refractivity contribution < 1.29 is 9.59 Å². The highest BCUT2D eigenvalue weighted by Crippen LogP contribution is 2.26. The summed E-state index contributed by atoms with van der Waals surface area (Å²) in [5.41, 5.74) is 5.96. The second-order valence-electron chi connectivity index (χ2n) is 9.25. The zero-order valence-corrected chi connectivity index (χ0v) is 20.0. The molecule has 1 fully saturated rings. The Morgan fingerprint density at radius 2 is 1.63 bits per heavy atom. The topological polar surface area (TPSA) is 62.3 Å². The lowest BCUT2D eigenvalue weighted by atomic mass is 10.0. The van der Waals surface area contributed by atoms with Gasteiger partial charge in [-0.15, -0.1) is 0 Å². The van der Waals surface area contributed by atoms with E-state index in [9.17, 15) is 9.59 Å². The maximum absolute atomic E-state index is 12.9. The number of hydrogen-bond donors (Lipinski definition) is 1. The normalized spacial score (nSPS) is 13.7. The average molecular weight is 464 g/mol. The molecule has 3 aromatic carbocycles. The summed E-state index contributed by atoms with van der Waals surface area (Å²) < 4.78 is 0. The highest BCUT2D eigenvalue weighted by molar-refractivity contribution is 6.06. The van der Waals surface area contributed by atoms with Gasteiger partial charge in [-0.05, 0) is 73.8 Å². The van der Waals surface area contributed by atoms with Gasteiger partial charge in [0.15, 0.2) is 5.78 Å². The van der Waals surface area contributed by atoms with E-state index in [2.05, 4.69) is 16.3 Å². The summed E-state index contributed by atoms with van der Waals surface area (Å²) >= 11 is 0. The molecule has 0 unspecified atom stereocenters. The van der Waals surface area contributed by atoms with Crippen LogP contribution < -0.4 is 5.32 Å². The Morgan fingerprint density at radius 3 is 2.37 bits per heavy atom. The number of hydrogen-bond acceptors (Lipinski definition) is 4. The van der Waals surface area contributed by atoms with Crippen LogP contribution in [0.1, 0.15) is 50.2 Å². The summed E-state index contributed by atoms with van der Waals surface area (Å²) in [6.07, 6.45) is 4.81. The van der Waals surface area contributed by atoms with Crippen LogP contribution in [0.5, 0.6) is 0 Å². The molecule has 1 N–H and O–H groups in total. The lowest BCUT2D eigenvalue weighted by molar-refractivity contribution is 0.0991. The Labute approximate surface area is 205 Å². The van der Waals surface area contributed by atoms with E-state index in [0.29, 0.717) is 17.5 Å². The SMILES string of the molecule is Cc1c(NC(=O)c2ccc(CC(=O)c3ccccc3)cc2)ccc2cc(CN3CCCC3)cnc12. The minimum absolute atomic E-state index is 0.0608. The maximum Gasteiger partial charge on any atom is 0.255 e. The molecule has 1 saturated heterocycles. The summed E-state index contributed by atoms with van der Waals surface area (Å²) in [6, 6.07) is 22.6. The molecule has 176 valence electrons. The third-order valence-electron chi connectivity index (χ3n) is 6.69. The van der Waals surface area contributed by atoms with Crippen LogP contribution >= 0.6 is 0 Å². The largest absolute Gasteiger partial charge is 0.322 e. The van der Waals surface area contributed by atoms with Gasteiger partial charge in [0.1, 0.15) is 0 Å². The number of nitrogens with zero attached hydrogens (tertiary/aromatic N) is 2. The Morgan fingerprint density at radius 1 is 0.886 bits per heavy atom. The summed E-state index contributed by atoms with van der Waals surface area (Å²) in [5.74, 6) is -0.121. The highest BCUT2D eigenvalue weighted by Gasteiger charge is 2.14. The van der Waals surface area contributed by atoms with Crippen molar-refractivity contribution in [1.29, 1.82) is 0 Å². The van der Waals surface area contributed by atoms with Crippen LogP contribution in [0.3, 0.4) is 0 Å². The molecule has 0 atom stereocenters. The Hall–Kier alpha value is -3.83. The van der Waals surface area contributed by atoms with E-state index in [1.807, 2.05) is 67.7 Å². The Balaban J connectivity index is 1.26. The zero-order valence-electron chi connectivity index (χ0n) is 20.0. The molecule has 1 aliphatic heterocycles. The molecule has 5 heteroatoms. The van der Waals surface area contributed by atoms with Gasteiger partial charge in [0, 0.05) is 41.4 Å². The van der Waals surface area contributed by atoms with Crippen molar-refractivity contribution in [3.8, 4) is 0 Å². The fraction of sp³-hybridized carbons (Fsp3) is 0.233. The lowest BCUT2D eigenvalue weighted by Gasteiger charge is -2.15. The monoisotopic (exact) mass is 463 g/mol. The number of rotatable bonds is 7. The first-order chi connectivity index (χ1) is 17.1. The van der Waals surface area contributed by atoms with E-state index in [-0.39, 0.29) is 11.7 Å². The van der Waals surface area contributed by atoms with Gasteiger partial charge < -0.3 is 5.32 Å². The van der Waals surface area contributed by atoms with Gasteiger partial charge in [0.05, 0.1) is 5.52 Å². The summed E-state index contributed by atoms with van der Waals surface area (Å²) in [7, 11) is 0. The first kappa shape index (κ1) is 22.9. The predicted molar refractivity (Wildman–Crippen MR) is 140 cm³/mol. The number of fused-ring (bicyclic) bond motifs is 1. The number of ketones is 1. The van der Waals surface area contributed by atoms with Gasteiger partial charge in [0.25, 0.3) is 5.91 Å². The molecule has 35 heavy (non-hydrogen) atoms. The Bertz CT molecular complexity index is 1360. The molecule has 1 amide bonds. The van der Waals surface area contributed by atoms with E-state index in [4.69, 9.17) is 4.98 Å². The number of likely N-dealkylation sites (tertiary alicyclic amines) is 1. The van der Waals surface area contributed by atoms with Crippen molar-refractivity contribution in [2.75, 3.05) is 18.4 Å². The molecule has 2 heterocycles. The number of aryl methyl sites for hydroxylation is 1. The van der Waals surface area contributed by atoms with E-state index in [1.165, 1.54) is 18.4 Å². The van der Waals surface area contributed by atoms with Gasteiger partial charge in [-0.3, -0.25) is 19.5 Å². The zero-order chi connectivity index (χ0) is 24.2. The third kappa shape index (κ3) is 5.31. The molecule has 1 aliphatic rings.